The molecule has 142 valence electrons. The lowest BCUT2D eigenvalue weighted by Crippen LogP contribution is -2.43. The van der Waals surface area contributed by atoms with Gasteiger partial charge in [-0.1, -0.05) is 0 Å². The van der Waals surface area contributed by atoms with Gasteiger partial charge in [0, 0.05) is 23.0 Å². The number of thiazole rings is 1. The first-order valence-corrected chi connectivity index (χ1v) is 10.6. The first kappa shape index (κ1) is 18.3. The Morgan fingerprint density at radius 3 is 2.68 bits per heavy atom. The lowest BCUT2D eigenvalue weighted by Gasteiger charge is -2.13. The molecule has 1 amide bonds. The molecule has 0 aliphatic rings. The van der Waals surface area contributed by atoms with E-state index in [1.807, 2.05) is 18.2 Å². The summed E-state index contributed by atoms with van der Waals surface area (Å²) in [5.74, 6) is -1.11. The highest BCUT2D eigenvalue weighted by Gasteiger charge is 2.29. The van der Waals surface area contributed by atoms with Gasteiger partial charge in [-0.3, -0.25) is 9.78 Å². The maximum atomic E-state index is 12.5. The highest BCUT2D eigenvalue weighted by Crippen LogP contribution is 2.30. The van der Waals surface area contributed by atoms with Crippen LogP contribution in [0.15, 0.2) is 59.1 Å². The van der Waals surface area contributed by atoms with Gasteiger partial charge in [-0.25, -0.2) is 13.4 Å². The van der Waals surface area contributed by atoms with Crippen LogP contribution in [-0.4, -0.2) is 29.7 Å². The molecule has 0 spiro atoms. The molecule has 0 fully saturated rings. The fraction of sp³-hybridized carbons (Fsp3) is 0.0556. The van der Waals surface area contributed by atoms with Crippen molar-refractivity contribution >= 4 is 59.6 Å². The van der Waals surface area contributed by atoms with E-state index in [4.69, 9.17) is 11.5 Å². The van der Waals surface area contributed by atoms with Gasteiger partial charge < -0.3 is 16.8 Å². The van der Waals surface area contributed by atoms with Crippen molar-refractivity contribution in [1.29, 1.82) is 0 Å². The van der Waals surface area contributed by atoms with Gasteiger partial charge in [0.25, 0.3) is 0 Å². The molecule has 4 rings (SSSR count). The molecule has 10 heteroatoms. The van der Waals surface area contributed by atoms with Crippen LogP contribution in [0.2, 0.25) is 0 Å². The normalized spacial score (nSPS) is 12.9. The van der Waals surface area contributed by atoms with E-state index in [9.17, 15) is 13.2 Å². The molecular weight excluding hydrogens is 398 g/mol. The van der Waals surface area contributed by atoms with Crippen molar-refractivity contribution in [2.24, 2.45) is 11.5 Å². The van der Waals surface area contributed by atoms with Crippen LogP contribution in [0.1, 0.15) is 0 Å². The average Bonchev–Trinajstić information content (AvgIpc) is 3.15. The summed E-state index contributed by atoms with van der Waals surface area (Å²) in [6.45, 7) is 0. The quantitative estimate of drug-likeness (QED) is 0.455. The van der Waals surface area contributed by atoms with Crippen molar-refractivity contribution in [2.75, 3.05) is 5.32 Å². The fourth-order valence-corrected chi connectivity index (χ4v) is 4.60. The second kappa shape index (κ2) is 6.82. The van der Waals surface area contributed by atoms with Crippen LogP contribution in [0.5, 0.6) is 0 Å². The second-order valence-corrected chi connectivity index (χ2v) is 9.02. The van der Waals surface area contributed by atoms with Crippen LogP contribution in [0, 0.1) is 0 Å². The number of nitrogens with two attached hydrogens (primary N) is 2. The lowest BCUT2D eigenvalue weighted by molar-refractivity contribution is -0.117. The van der Waals surface area contributed by atoms with E-state index in [0.717, 1.165) is 15.9 Å². The molecule has 1 unspecified atom stereocenters. The van der Waals surface area contributed by atoms with Crippen LogP contribution in [0.25, 0.3) is 21.1 Å². The van der Waals surface area contributed by atoms with E-state index in [2.05, 4.69) is 15.3 Å². The van der Waals surface area contributed by atoms with Gasteiger partial charge in [-0.15, -0.1) is 11.3 Å². The van der Waals surface area contributed by atoms with E-state index in [1.165, 1.54) is 12.1 Å². The number of amides is 1. The molecule has 8 nitrogen and oxygen atoms in total. The molecule has 28 heavy (non-hydrogen) atoms. The highest BCUT2D eigenvalue weighted by molar-refractivity contribution is 7.92. The van der Waals surface area contributed by atoms with Gasteiger partial charge >= 0.3 is 0 Å². The summed E-state index contributed by atoms with van der Waals surface area (Å²) < 4.78 is 26.1. The van der Waals surface area contributed by atoms with Crippen molar-refractivity contribution in [3.05, 3.63) is 54.2 Å². The smallest absolute Gasteiger partial charge is 0.250 e. The van der Waals surface area contributed by atoms with Crippen molar-refractivity contribution in [3.8, 4) is 0 Å². The Kier molecular flexibility index (Phi) is 4.46. The summed E-state index contributed by atoms with van der Waals surface area (Å²) in [7, 11) is -4.10. The Morgan fingerprint density at radius 1 is 1.07 bits per heavy atom. The molecule has 1 atom stereocenters. The zero-order valence-electron chi connectivity index (χ0n) is 14.4. The number of nitrogens with zero attached hydrogens (tertiary/aromatic N) is 2. The molecule has 2 heterocycles. The van der Waals surface area contributed by atoms with Gasteiger partial charge in [0.2, 0.25) is 15.7 Å². The fourth-order valence-electron chi connectivity index (χ4n) is 2.80. The largest absolute Gasteiger partial charge is 0.367 e. The minimum absolute atomic E-state index is 0.0997. The molecule has 0 radical (unpaired) electrons. The van der Waals surface area contributed by atoms with E-state index < -0.39 is 21.1 Å². The van der Waals surface area contributed by atoms with Crippen LogP contribution >= 0.6 is 11.3 Å². The number of sulfone groups is 1. The van der Waals surface area contributed by atoms with Gasteiger partial charge in [-0.05, 0) is 42.5 Å². The molecule has 5 N–H and O–H groups in total. The van der Waals surface area contributed by atoms with E-state index in [-0.39, 0.29) is 4.90 Å². The van der Waals surface area contributed by atoms with E-state index >= 15 is 0 Å². The maximum absolute atomic E-state index is 12.5. The molecule has 0 bridgehead atoms. The van der Waals surface area contributed by atoms with Crippen LogP contribution in [-0.2, 0) is 14.6 Å². The number of primary amides is 1. The maximum Gasteiger partial charge on any atom is 0.250 e. The van der Waals surface area contributed by atoms with E-state index in [1.54, 1.807) is 35.2 Å². The van der Waals surface area contributed by atoms with Gasteiger partial charge in [-0.2, -0.15) is 0 Å². The number of rotatable bonds is 5. The van der Waals surface area contributed by atoms with Crippen molar-refractivity contribution < 1.29 is 13.2 Å². The summed E-state index contributed by atoms with van der Waals surface area (Å²) in [6, 6.07) is 11.9. The van der Waals surface area contributed by atoms with Gasteiger partial charge in [0.15, 0.2) is 5.37 Å². The first-order valence-electron chi connectivity index (χ1n) is 8.14. The van der Waals surface area contributed by atoms with Crippen LogP contribution in [0.4, 0.5) is 11.4 Å². The number of pyridine rings is 1. The molecule has 0 saturated carbocycles. The third-order valence-electron chi connectivity index (χ3n) is 4.27. The molecule has 4 aromatic rings. The van der Waals surface area contributed by atoms with E-state index in [0.29, 0.717) is 16.6 Å². The number of anilines is 2. The Labute approximate surface area is 164 Å². The first-order chi connectivity index (χ1) is 13.4. The minimum atomic E-state index is -4.10. The summed E-state index contributed by atoms with van der Waals surface area (Å²) in [5.41, 5.74) is 15.2. The molecule has 0 saturated heterocycles. The Balaban J connectivity index is 1.79. The minimum Gasteiger partial charge on any atom is -0.367 e. The Hall–Kier alpha value is -3.08. The summed E-state index contributed by atoms with van der Waals surface area (Å²) in [5, 5.41) is 2.02. The number of carbonyl (C=O) groups is 1. The van der Waals surface area contributed by atoms with Crippen molar-refractivity contribution in [1.82, 2.24) is 9.97 Å². The zero-order valence-corrected chi connectivity index (χ0v) is 16.0. The molecule has 0 aliphatic carbocycles. The molecular formula is C18H15N5O3S2. The standard InChI is InChI=1S/C18H15N5O3S2/c19-17(24)18(20)28(25,26)11-2-3-13-12(8-11)14(5-6-21-13)23-10-1-4-16-15(7-10)22-9-27-16/h1-9,18H,20H2,(H2,19,24)(H,21,23). The molecule has 2 aromatic carbocycles. The summed E-state index contributed by atoms with van der Waals surface area (Å²) in [6.07, 6.45) is 1.62. The number of benzene rings is 2. The number of carbonyl (C=O) groups excluding carboxylic acids is 1. The monoisotopic (exact) mass is 413 g/mol. The third-order valence-corrected chi connectivity index (χ3v) is 6.89. The zero-order chi connectivity index (χ0) is 19.9. The SMILES string of the molecule is NC(=O)C(N)S(=O)(=O)c1ccc2nccc(Nc3ccc4scnc4c3)c2c1. The van der Waals surface area contributed by atoms with Crippen LogP contribution < -0.4 is 16.8 Å². The van der Waals surface area contributed by atoms with Crippen molar-refractivity contribution in [3.63, 3.8) is 0 Å². The van der Waals surface area contributed by atoms with Crippen LogP contribution in [0.3, 0.4) is 0 Å². The number of hydrogen-bond donors (Lipinski definition) is 3. The average molecular weight is 413 g/mol. The predicted octanol–water partition coefficient (Wildman–Crippen LogP) is 2.13. The molecule has 2 aromatic heterocycles. The Bertz CT molecular complexity index is 1320. The van der Waals surface area contributed by atoms with Gasteiger partial charge in [0.1, 0.15) is 0 Å². The topological polar surface area (TPSA) is 141 Å². The Morgan fingerprint density at radius 2 is 1.89 bits per heavy atom. The second-order valence-electron chi connectivity index (χ2n) is 6.07. The lowest BCUT2D eigenvalue weighted by atomic mass is 10.2. The summed E-state index contributed by atoms with van der Waals surface area (Å²) >= 11 is 1.55. The van der Waals surface area contributed by atoms with Crippen molar-refractivity contribution in [2.45, 2.75) is 10.3 Å². The highest BCUT2D eigenvalue weighted by atomic mass is 32.2. The van der Waals surface area contributed by atoms with Gasteiger partial charge in [0.05, 0.1) is 26.1 Å². The number of hydrogen-bond acceptors (Lipinski definition) is 8. The number of aromatic nitrogens is 2. The third kappa shape index (κ3) is 3.17. The molecule has 0 aliphatic heterocycles. The predicted molar refractivity (Wildman–Crippen MR) is 109 cm³/mol. The number of nitrogens with one attached hydrogen (secondary N) is 1. The summed E-state index contributed by atoms with van der Waals surface area (Å²) in [4.78, 5) is 19.7. The number of fused-ring (bicyclic) bond motifs is 2.